The van der Waals surface area contributed by atoms with Crippen LogP contribution in [-0.2, 0) is 24.4 Å². The number of hydrogen-bond acceptors (Lipinski definition) is 6. The van der Waals surface area contributed by atoms with Crippen LogP contribution in [0, 0.1) is 5.92 Å². The summed E-state index contributed by atoms with van der Waals surface area (Å²) < 4.78 is 13.6. The minimum absolute atomic E-state index is 0.000346. The number of rotatable bonds is 9. The number of aromatic nitrogens is 3. The summed E-state index contributed by atoms with van der Waals surface area (Å²) in [7, 11) is 0. The highest BCUT2D eigenvalue weighted by Crippen LogP contribution is 2.34. The minimum atomic E-state index is -0.874. The number of carbonyl (C=O) groups excluding carboxylic acids is 1. The highest BCUT2D eigenvalue weighted by molar-refractivity contribution is 5.76. The van der Waals surface area contributed by atoms with Crippen molar-refractivity contribution in [2.45, 2.75) is 39.5 Å². The molecule has 0 saturated carbocycles. The van der Waals surface area contributed by atoms with E-state index in [0.29, 0.717) is 24.7 Å². The second-order valence-corrected chi connectivity index (χ2v) is 7.92. The maximum Gasteiger partial charge on any atom is 0.337 e. The number of hydrogen-bond donors (Lipinski definition) is 1. The first-order valence-corrected chi connectivity index (χ1v) is 10.6. The third kappa shape index (κ3) is 5.00. The Hall–Kier alpha value is -3.82. The van der Waals surface area contributed by atoms with Crippen LogP contribution in [0.25, 0.3) is 0 Å². The van der Waals surface area contributed by atoms with Crippen LogP contribution in [0.4, 0.5) is 0 Å². The quantitative estimate of drug-likeness (QED) is 0.559. The van der Waals surface area contributed by atoms with Gasteiger partial charge >= 0.3 is 17.1 Å². The summed E-state index contributed by atoms with van der Waals surface area (Å²) in [6, 6.07) is 5.03. The van der Waals surface area contributed by atoms with Crippen molar-refractivity contribution in [2.75, 3.05) is 13.2 Å². The molecule has 1 atom stereocenters. The van der Waals surface area contributed by atoms with E-state index in [1.54, 1.807) is 6.07 Å². The van der Waals surface area contributed by atoms with E-state index in [4.69, 9.17) is 9.47 Å². The lowest BCUT2D eigenvalue weighted by Crippen LogP contribution is -2.55. The van der Waals surface area contributed by atoms with Gasteiger partial charge in [-0.1, -0.05) is 32.1 Å². The van der Waals surface area contributed by atoms with Crippen molar-refractivity contribution >= 4 is 5.91 Å². The summed E-state index contributed by atoms with van der Waals surface area (Å²) in [6.45, 7) is 11.1. The normalized spacial score (nSPS) is 13.4. The van der Waals surface area contributed by atoms with Crippen molar-refractivity contribution in [2.24, 2.45) is 5.92 Å². The SMILES string of the molecule is C=CCn1c(=O)n(CC=C)c(=O)n(CC(=O)N[C@H](c2ccc3c(c2)OCCO3)C(C)C)c1=O. The average Bonchev–Trinajstić information content (AvgIpc) is 2.80. The van der Waals surface area contributed by atoms with Crippen LogP contribution in [0.2, 0.25) is 0 Å². The second kappa shape index (κ2) is 10.2. The Morgan fingerprint density at radius 3 is 2.06 bits per heavy atom. The number of amides is 1. The van der Waals surface area contributed by atoms with Crippen LogP contribution >= 0.6 is 0 Å². The maximum atomic E-state index is 12.9. The molecule has 10 heteroatoms. The molecule has 1 amide bonds. The van der Waals surface area contributed by atoms with Crippen LogP contribution in [0.15, 0.2) is 57.9 Å². The predicted molar refractivity (Wildman–Crippen MR) is 123 cm³/mol. The largest absolute Gasteiger partial charge is 0.486 e. The summed E-state index contributed by atoms with van der Waals surface area (Å²) in [6.07, 6.45) is 2.74. The molecular weight excluding hydrogens is 428 g/mol. The molecule has 0 spiro atoms. The summed E-state index contributed by atoms with van der Waals surface area (Å²) in [5.41, 5.74) is -1.73. The fraction of sp³-hybridized carbons (Fsp3) is 0.391. The molecule has 1 aliphatic heterocycles. The predicted octanol–water partition coefficient (Wildman–Crippen LogP) is 0.828. The van der Waals surface area contributed by atoms with Gasteiger partial charge in [0.1, 0.15) is 19.8 Å². The summed E-state index contributed by atoms with van der Waals surface area (Å²) in [4.78, 5) is 50.9. The van der Waals surface area contributed by atoms with Crippen molar-refractivity contribution in [1.82, 2.24) is 19.0 Å². The average molecular weight is 456 g/mol. The molecule has 0 aliphatic carbocycles. The van der Waals surface area contributed by atoms with E-state index in [1.165, 1.54) is 12.2 Å². The van der Waals surface area contributed by atoms with E-state index in [0.717, 1.165) is 19.3 Å². The molecule has 1 aliphatic rings. The highest BCUT2D eigenvalue weighted by Gasteiger charge is 2.23. The zero-order valence-corrected chi connectivity index (χ0v) is 18.8. The molecule has 1 N–H and O–H groups in total. The van der Waals surface area contributed by atoms with Crippen molar-refractivity contribution in [3.05, 3.63) is 80.5 Å². The standard InChI is InChI=1S/C23H28N4O6/c1-5-9-25-21(29)26(10-6-2)23(31)27(22(25)30)14-19(28)24-20(15(3)4)16-7-8-17-18(13-16)33-12-11-32-17/h5-8,13,15,20H,1-2,9-12,14H2,3-4H3,(H,24,28)/t20-/m0/s1. The van der Waals surface area contributed by atoms with Crippen LogP contribution < -0.4 is 31.9 Å². The third-order valence-corrected chi connectivity index (χ3v) is 5.22. The minimum Gasteiger partial charge on any atom is -0.486 e. The topological polar surface area (TPSA) is 114 Å². The first-order chi connectivity index (χ1) is 15.8. The molecule has 0 saturated heterocycles. The second-order valence-electron chi connectivity index (χ2n) is 7.92. The number of carbonyl (C=O) groups is 1. The number of fused-ring (bicyclic) bond motifs is 1. The van der Waals surface area contributed by atoms with Crippen molar-refractivity contribution in [3.63, 3.8) is 0 Å². The van der Waals surface area contributed by atoms with Gasteiger partial charge in [-0.3, -0.25) is 4.79 Å². The smallest absolute Gasteiger partial charge is 0.337 e. The summed E-state index contributed by atoms with van der Waals surface area (Å²) >= 11 is 0. The molecule has 176 valence electrons. The number of nitrogens with zero attached hydrogens (tertiary/aromatic N) is 3. The zero-order chi connectivity index (χ0) is 24.1. The number of nitrogens with one attached hydrogen (secondary N) is 1. The maximum absolute atomic E-state index is 12.9. The number of allylic oxidation sites excluding steroid dienone is 2. The fourth-order valence-corrected chi connectivity index (χ4v) is 3.64. The Labute approximate surface area is 190 Å². The van der Waals surface area contributed by atoms with Gasteiger partial charge in [0.15, 0.2) is 11.5 Å². The highest BCUT2D eigenvalue weighted by atomic mass is 16.6. The molecule has 0 unspecified atom stereocenters. The van der Waals surface area contributed by atoms with Gasteiger partial charge < -0.3 is 14.8 Å². The molecule has 10 nitrogen and oxygen atoms in total. The van der Waals surface area contributed by atoms with E-state index in [1.807, 2.05) is 26.0 Å². The van der Waals surface area contributed by atoms with E-state index in [-0.39, 0.29) is 19.0 Å². The Balaban J connectivity index is 1.92. The summed E-state index contributed by atoms with van der Waals surface area (Å²) in [5, 5.41) is 2.89. The monoisotopic (exact) mass is 456 g/mol. The molecule has 1 aromatic heterocycles. The van der Waals surface area contributed by atoms with Gasteiger partial charge in [0.05, 0.1) is 19.1 Å². The van der Waals surface area contributed by atoms with Gasteiger partial charge in [0.25, 0.3) is 0 Å². The van der Waals surface area contributed by atoms with Gasteiger partial charge in [-0.05, 0) is 23.6 Å². The molecule has 0 bridgehead atoms. The lowest BCUT2D eigenvalue weighted by atomic mass is 9.95. The van der Waals surface area contributed by atoms with Crippen molar-refractivity contribution < 1.29 is 14.3 Å². The Kier molecular flexibility index (Phi) is 7.37. The van der Waals surface area contributed by atoms with Crippen LogP contribution in [0.1, 0.15) is 25.5 Å². The van der Waals surface area contributed by atoms with Gasteiger partial charge in [0.2, 0.25) is 5.91 Å². The van der Waals surface area contributed by atoms with Crippen molar-refractivity contribution in [3.8, 4) is 11.5 Å². The van der Waals surface area contributed by atoms with E-state index < -0.39 is 35.6 Å². The summed E-state index contributed by atoms with van der Waals surface area (Å²) in [5.74, 6) is 0.688. The zero-order valence-electron chi connectivity index (χ0n) is 18.8. The fourth-order valence-electron chi connectivity index (χ4n) is 3.64. The van der Waals surface area contributed by atoms with Crippen LogP contribution in [-0.4, -0.2) is 32.8 Å². The Bertz CT molecular complexity index is 1190. The first-order valence-electron chi connectivity index (χ1n) is 10.6. The molecule has 1 aromatic carbocycles. The van der Waals surface area contributed by atoms with Crippen LogP contribution in [0.5, 0.6) is 11.5 Å². The van der Waals surface area contributed by atoms with Gasteiger partial charge in [-0.15, -0.1) is 13.2 Å². The lowest BCUT2D eigenvalue weighted by molar-refractivity contribution is -0.122. The number of benzene rings is 1. The van der Waals surface area contributed by atoms with Gasteiger partial charge in [-0.25, -0.2) is 28.1 Å². The first kappa shape index (κ1) is 23.8. The molecule has 2 heterocycles. The van der Waals surface area contributed by atoms with Crippen LogP contribution in [0.3, 0.4) is 0 Å². The third-order valence-electron chi connectivity index (χ3n) is 5.22. The van der Waals surface area contributed by atoms with E-state index in [2.05, 4.69) is 18.5 Å². The molecule has 2 aromatic rings. The van der Waals surface area contributed by atoms with E-state index in [9.17, 15) is 19.2 Å². The van der Waals surface area contributed by atoms with Gasteiger partial charge in [0, 0.05) is 0 Å². The molecule has 0 fully saturated rings. The Morgan fingerprint density at radius 2 is 1.52 bits per heavy atom. The Morgan fingerprint density at radius 1 is 0.970 bits per heavy atom. The molecule has 0 radical (unpaired) electrons. The van der Waals surface area contributed by atoms with Gasteiger partial charge in [-0.2, -0.15) is 0 Å². The molecule has 3 rings (SSSR count). The van der Waals surface area contributed by atoms with Crippen molar-refractivity contribution in [1.29, 1.82) is 0 Å². The molecular formula is C23H28N4O6. The lowest BCUT2D eigenvalue weighted by Gasteiger charge is -2.25. The van der Waals surface area contributed by atoms with E-state index >= 15 is 0 Å². The molecule has 33 heavy (non-hydrogen) atoms. The number of ether oxygens (including phenoxy) is 2.